The highest BCUT2D eigenvalue weighted by Crippen LogP contribution is 2.24. The number of carbonyl (C=O) groups is 1. The fourth-order valence-electron chi connectivity index (χ4n) is 2.37. The Hall–Kier alpha value is -2.34. The number of nitrogens with one attached hydrogen (secondary N) is 2. The first kappa shape index (κ1) is 19.0. The molecular weight excluding hydrogens is 318 g/mol. The second kappa shape index (κ2) is 7.70. The fraction of sp³-hybridized carbons (Fsp3) is 0.474. The lowest BCUT2D eigenvalue weighted by molar-refractivity contribution is 0.00827. The van der Waals surface area contributed by atoms with Crippen LogP contribution < -0.4 is 10.6 Å². The van der Waals surface area contributed by atoms with Crippen molar-refractivity contribution in [2.75, 3.05) is 11.9 Å². The summed E-state index contributed by atoms with van der Waals surface area (Å²) >= 11 is 0. The number of oxazole rings is 1. The van der Waals surface area contributed by atoms with E-state index in [1.165, 1.54) is 0 Å². The zero-order valence-corrected chi connectivity index (χ0v) is 15.5. The predicted molar refractivity (Wildman–Crippen MR) is 98.5 cm³/mol. The minimum atomic E-state index is -0.943. The highest BCUT2D eigenvalue weighted by atomic mass is 16.4. The van der Waals surface area contributed by atoms with Gasteiger partial charge in [-0.3, -0.25) is 0 Å². The summed E-state index contributed by atoms with van der Waals surface area (Å²) in [5.74, 6) is 1.39. The third-order valence-electron chi connectivity index (χ3n) is 4.68. The molecule has 2 amide bonds. The van der Waals surface area contributed by atoms with Gasteiger partial charge in [0.25, 0.3) is 0 Å². The second-order valence-corrected chi connectivity index (χ2v) is 6.72. The predicted octanol–water partition coefficient (Wildman–Crippen LogP) is 3.88. The molecule has 0 aliphatic heterocycles. The Morgan fingerprint density at radius 2 is 2.12 bits per heavy atom. The van der Waals surface area contributed by atoms with Gasteiger partial charge in [-0.15, -0.1) is 0 Å². The van der Waals surface area contributed by atoms with E-state index >= 15 is 0 Å². The zero-order valence-electron chi connectivity index (χ0n) is 15.5. The number of benzene rings is 1. The van der Waals surface area contributed by atoms with Gasteiger partial charge in [0.2, 0.25) is 5.89 Å². The van der Waals surface area contributed by atoms with Crippen molar-refractivity contribution >= 4 is 11.7 Å². The summed E-state index contributed by atoms with van der Waals surface area (Å²) in [6, 6.07) is 6.94. The molecule has 2 atom stereocenters. The van der Waals surface area contributed by atoms with Gasteiger partial charge in [0.05, 0.1) is 11.3 Å². The number of aromatic nitrogens is 1. The topological polar surface area (TPSA) is 87.4 Å². The molecule has 1 heterocycles. The van der Waals surface area contributed by atoms with E-state index in [9.17, 15) is 9.90 Å². The maximum absolute atomic E-state index is 12.1. The van der Waals surface area contributed by atoms with Gasteiger partial charge in [0.15, 0.2) is 0 Å². The average Bonchev–Trinajstić information content (AvgIpc) is 2.92. The molecule has 6 nitrogen and oxygen atoms in total. The summed E-state index contributed by atoms with van der Waals surface area (Å²) in [6.07, 6.45) is 0.841. The molecule has 3 N–H and O–H groups in total. The van der Waals surface area contributed by atoms with Gasteiger partial charge in [-0.05, 0) is 44.9 Å². The number of amides is 2. The maximum Gasteiger partial charge on any atom is 0.319 e. The summed E-state index contributed by atoms with van der Waals surface area (Å²) in [7, 11) is 0. The number of rotatable bonds is 6. The molecule has 0 saturated heterocycles. The van der Waals surface area contributed by atoms with Crippen LogP contribution in [0.4, 0.5) is 10.5 Å². The van der Waals surface area contributed by atoms with Crippen LogP contribution in [-0.2, 0) is 0 Å². The molecule has 0 fully saturated rings. The standard InChI is InChI=1S/C19H27N3O3/c1-6-12(2)19(5,24)11-20-18(23)22-16-9-7-8-15(10-16)17-21-13(3)14(4)25-17/h7-10,12,24H,6,11H2,1-5H3,(H2,20,22,23). The van der Waals surface area contributed by atoms with Crippen molar-refractivity contribution in [3.05, 3.63) is 35.7 Å². The van der Waals surface area contributed by atoms with Crippen molar-refractivity contribution in [3.8, 4) is 11.5 Å². The average molecular weight is 345 g/mol. The van der Waals surface area contributed by atoms with Gasteiger partial charge in [0, 0.05) is 17.8 Å². The number of urea groups is 1. The van der Waals surface area contributed by atoms with Crippen LogP contribution in [0, 0.1) is 19.8 Å². The molecular formula is C19H27N3O3. The van der Waals surface area contributed by atoms with Gasteiger partial charge >= 0.3 is 6.03 Å². The lowest BCUT2D eigenvalue weighted by atomic mass is 9.89. The molecule has 1 aromatic carbocycles. The van der Waals surface area contributed by atoms with Crippen molar-refractivity contribution in [1.82, 2.24) is 10.3 Å². The van der Waals surface area contributed by atoms with Crippen LogP contribution in [0.5, 0.6) is 0 Å². The summed E-state index contributed by atoms with van der Waals surface area (Å²) in [5, 5.41) is 15.8. The first-order valence-corrected chi connectivity index (χ1v) is 8.54. The van der Waals surface area contributed by atoms with Crippen molar-refractivity contribution in [3.63, 3.8) is 0 Å². The summed E-state index contributed by atoms with van der Waals surface area (Å²) in [5.41, 5.74) is 1.33. The Kier molecular flexibility index (Phi) is 5.85. The molecule has 0 aliphatic rings. The van der Waals surface area contributed by atoms with Crippen LogP contribution in [-0.4, -0.2) is 28.3 Å². The second-order valence-electron chi connectivity index (χ2n) is 6.72. The Morgan fingerprint density at radius 3 is 2.72 bits per heavy atom. The van der Waals surface area contributed by atoms with Gasteiger partial charge < -0.3 is 20.2 Å². The molecule has 0 saturated carbocycles. The molecule has 2 unspecified atom stereocenters. The largest absolute Gasteiger partial charge is 0.441 e. The quantitative estimate of drug-likeness (QED) is 0.741. The molecule has 0 aliphatic carbocycles. The number of hydrogen-bond donors (Lipinski definition) is 3. The molecule has 0 spiro atoms. The SMILES string of the molecule is CCC(C)C(C)(O)CNC(=O)Nc1cccc(-c2nc(C)c(C)o2)c1. The van der Waals surface area contributed by atoms with Gasteiger partial charge in [0.1, 0.15) is 5.76 Å². The number of anilines is 1. The summed E-state index contributed by atoms with van der Waals surface area (Å²) in [4.78, 5) is 16.5. The fourth-order valence-corrected chi connectivity index (χ4v) is 2.37. The van der Waals surface area contributed by atoms with E-state index in [2.05, 4.69) is 15.6 Å². The van der Waals surface area contributed by atoms with E-state index in [1.54, 1.807) is 19.1 Å². The smallest absolute Gasteiger partial charge is 0.319 e. The van der Waals surface area contributed by atoms with Crippen LogP contribution in [0.1, 0.15) is 38.6 Å². The third-order valence-corrected chi connectivity index (χ3v) is 4.68. The van der Waals surface area contributed by atoms with Crippen LogP contribution in [0.15, 0.2) is 28.7 Å². The normalized spacial score (nSPS) is 14.6. The number of aliphatic hydroxyl groups is 1. The van der Waals surface area contributed by atoms with Crippen molar-refractivity contribution in [2.45, 2.75) is 46.6 Å². The first-order valence-electron chi connectivity index (χ1n) is 8.54. The first-order chi connectivity index (χ1) is 11.7. The van der Waals surface area contributed by atoms with E-state index in [4.69, 9.17) is 4.42 Å². The molecule has 25 heavy (non-hydrogen) atoms. The monoisotopic (exact) mass is 345 g/mol. The van der Waals surface area contributed by atoms with E-state index in [1.807, 2.05) is 39.8 Å². The minimum absolute atomic E-state index is 0.0904. The lowest BCUT2D eigenvalue weighted by Crippen LogP contribution is -2.46. The maximum atomic E-state index is 12.1. The highest BCUT2D eigenvalue weighted by Gasteiger charge is 2.27. The zero-order chi connectivity index (χ0) is 18.6. The van der Waals surface area contributed by atoms with Gasteiger partial charge in [-0.2, -0.15) is 0 Å². The van der Waals surface area contributed by atoms with Gasteiger partial charge in [-0.25, -0.2) is 9.78 Å². The Bertz CT molecular complexity index is 718. The molecule has 0 bridgehead atoms. The third kappa shape index (κ3) is 4.82. The van der Waals surface area contributed by atoms with Crippen molar-refractivity contribution < 1.29 is 14.3 Å². The number of aryl methyl sites for hydroxylation is 2. The van der Waals surface area contributed by atoms with Crippen LogP contribution in [0.2, 0.25) is 0 Å². The molecule has 2 rings (SSSR count). The van der Waals surface area contributed by atoms with Crippen molar-refractivity contribution in [2.24, 2.45) is 5.92 Å². The van der Waals surface area contributed by atoms with E-state index in [-0.39, 0.29) is 18.5 Å². The minimum Gasteiger partial charge on any atom is -0.441 e. The molecule has 6 heteroatoms. The molecule has 1 aromatic heterocycles. The van der Waals surface area contributed by atoms with E-state index in [0.29, 0.717) is 11.6 Å². The van der Waals surface area contributed by atoms with Crippen LogP contribution >= 0.6 is 0 Å². The molecule has 136 valence electrons. The highest BCUT2D eigenvalue weighted by molar-refractivity contribution is 5.89. The molecule has 2 aromatic rings. The number of hydrogen-bond acceptors (Lipinski definition) is 4. The Morgan fingerprint density at radius 1 is 1.40 bits per heavy atom. The summed E-state index contributed by atoms with van der Waals surface area (Å²) < 4.78 is 5.62. The van der Waals surface area contributed by atoms with Crippen LogP contribution in [0.3, 0.4) is 0 Å². The summed E-state index contributed by atoms with van der Waals surface area (Å²) in [6.45, 7) is 9.65. The van der Waals surface area contributed by atoms with Gasteiger partial charge in [-0.1, -0.05) is 26.3 Å². The Labute approximate surface area is 148 Å². The van der Waals surface area contributed by atoms with E-state index < -0.39 is 5.60 Å². The lowest BCUT2D eigenvalue weighted by Gasteiger charge is -2.29. The number of nitrogens with zero attached hydrogens (tertiary/aromatic N) is 1. The molecule has 0 radical (unpaired) electrons. The number of carbonyl (C=O) groups excluding carboxylic acids is 1. The van der Waals surface area contributed by atoms with Crippen molar-refractivity contribution in [1.29, 1.82) is 0 Å². The Balaban J connectivity index is 2.01. The van der Waals surface area contributed by atoms with E-state index in [0.717, 1.165) is 23.4 Å². The van der Waals surface area contributed by atoms with Crippen LogP contribution in [0.25, 0.3) is 11.5 Å².